The Morgan fingerprint density at radius 3 is 2.50 bits per heavy atom. The molecule has 1 aromatic rings. The molecular formula is C16H20Cl4O2. The van der Waals surface area contributed by atoms with Crippen LogP contribution in [0.2, 0.25) is 5.02 Å². The lowest BCUT2D eigenvalue weighted by Gasteiger charge is -2.17. The fraction of sp³-hybridized carbons (Fsp3) is 0.500. The van der Waals surface area contributed by atoms with Gasteiger partial charge in [0.25, 0.3) is 0 Å². The second kappa shape index (κ2) is 10.5. The van der Waals surface area contributed by atoms with Crippen LogP contribution >= 0.6 is 46.4 Å². The number of alkyl halides is 1. The van der Waals surface area contributed by atoms with Crippen LogP contribution in [0.3, 0.4) is 0 Å². The second-order valence-electron chi connectivity index (χ2n) is 5.03. The monoisotopic (exact) mass is 384 g/mol. The lowest BCUT2D eigenvalue weighted by atomic mass is 10.0. The van der Waals surface area contributed by atoms with Gasteiger partial charge in [-0.2, -0.15) is 0 Å². The molecule has 0 radical (unpaired) electrons. The van der Waals surface area contributed by atoms with Crippen molar-refractivity contribution in [3.63, 3.8) is 0 Å². The molecule has 1 rings (SSSR count). The van der Waals surface area contributed by atoms with E-state index in [4.69, 9.17) is 55.9 Å². The van der Waals surface area contributed by atoms with E-state index in [1.807, 2.05) is 6.07 Å². The summed E-state index contributed by atoms with van der Waals surface area (Å²) in [6.07, 6.45) is 3.39. The lowest BCUT2D eigenvalue weighted by Crippen LogP contribution is -2.04. The van der Waals surface area contributed by atoms with Crippen molar-refractivity contribution in [3.8, 4) is 11.5 Å². The van der Waals surface area contributed by atoms with Gasteiger partial charge in [0.2, 0.25) is 0 Å². The molecule has 0 bridgehead atoms. The molecule has 22 heavy (non-hydrogen) atoms. The Kier molecular flexibility index (Phi) is 9.42. The standard InChI is InChI=1S/C16H20Cl4O2/c1-11(2)13-9-12(21-8-5-15(19)20)10-14(18)16(13)22-7-4-3-6-17/h5,9-11H,3-4,6-8H2,1-2H3. The summed E-state index contributed by atoms with van der Waals surface area (Å²) in [4.78, 5) is 0. The molecule has 6 heteroatoms. The second-order valence-corrected chi connectivity index (χ2v) is 6.82. The molecule has 0 aliphatic carbocycles. The van der Waals surface area contributed by atoms with E-state index in [2.05, 4.69) is 13.8 Å². The van der Waals surface area contributed by atoms with E-state index in [0.29, 0.717) is 29.0 Å². The quantitative estimate of drug-likeness (QED) is 0.354. The van der Waals surface area contributed by atoms with Crippen LogP contribution in [0, 0.1) is 0 Å². The molecule has 2 nitrogen and oxygen atoms in total. The normalized spacial score (nSPS) is 10.7. The smallest absolute Gasteiger partial charge is 0.141 e. The van der Waals surface area contributed by atoms with Crippen molar-refractivity contribution in [1.82, 2.24) is 0 Å². The van der Waals surface area contributed by atoms with Crippen molar-refractivity contribution < 1.29 is 9.47 Å². The Bertz CT molecular complexity index is 497. The minimum atomic E-state index is 0.175. The minimum Gasteiger partial charge on any atom is -0.492 e. The van der Waals surface area contributed by atoms with Crippen molar-refractivity contribution in [2.24, 2.45) is 0 Å². The van der Waals surface area contributed by atoms with Gasteiger partial charge in [0.05, 0.1) is 11.6 Å². The predicted octanol–water partition coefficient (Wildman–Crippen LogP) is 6.56. The van der Waals surface area contributed by atoms with Gasteiger partial charge >= 0.3 is 0 Å². The Balaban J connectivity index is 2.86. The average Bonchev–Trinajstić information content (AvgIpc) is 2.44. The summed E-state index contributed by atoms with van der Waals surface area (Å²) in [5.41, 5.74) is 1.01. The fourth-order valence-corrected chi connectivity index (χ4v) is 2.41. The van der Waals surface area contributed by atoms with Gasteiger partial charge in [0.1, 0.15) is 22.6 Å². The van der Waals surface area contributed by atoms with Gasteiger partial charge in [0, 0.05) is 17.5 Å². The third kappa shape index (κ3) is 6.87. The molecule has 0 atom stereocenters. The maximum absolute atomic E-state index is 6.33. The summed E-state index contributed by atoms with van der Waals surface area (Å²) >= 11 is 23.1. The Labute approximate surface area is 152 Å². The van der Waals surface area contributed by atoms with Crippen molar-refractivity contribution in [2.45, 2.75) is 32.6 Å². The van der Waals surface area contributed by atoms with Crippen molar-refractivity contribution in [3.05, 3.63) is 33.3 Å². The molecule has 0 aliphatic rings. The number of rotatable bonds is 9. The zero-order valence-corrected chi connectivity index (χ0v) is 15.7. The van der Waals surface area contributed by atoms with E-state index in [1.54, 1.807) is 12.1 Å². The first-order valence-corrected chi connectivity index (χ1v) is 8.78. The highest BCUT2D eigenvalue weighted by Gasteiger charge is 2.14. The number of benzene rings is 1. The molecule has 0 N–H and O–H groups in total. The molecule has 0 spiro atoms. The van der Waals surface area contributed by atoms with Crippen molar-refractivity contribution >= 4 is 46.4 Å². The third-order valence-electron chi connectivity index (χ3n) is 2.93. The summed E-state index contributed by atoms with van der Waals surface area (Å²) in [5.74, 6) is 2.27. The maximum atomic E-state index is 6.33. The first kappa shape index (κ1) is 19.8. The molecule has 0 aromatic heterocycles. The predicted molar refractivity (Wildman–Crippen MR) is 96.3 cm³/mol. The van der Waals surface area contributed by atoms with Gasteiger partial charge in [-0.05, 0) is 30.9 Å². The molecule has 0 saturated carbocycles. The first-order valence-electron chi connectivity index (χ1n) is 7.11. The van der Waals surface area contributed by atoms with Crippen molar-refractivity contribution in [1.29, 1.82) is 0 Å². The van der Waals surface area contributed by atoms with Gasteiger partial charge in [0.15, 0.2) is 0 Å². The van der Waals surface area contributed by atoms with E-state index in [9.17, 15) is 0 Å². The molecule has 0 amide bonds. The molecule has 0 heterocycles. The van der Waals surface area contributed by atoms with E-state index in [-0.39, 0.29) is 17.0 Å². The SMILES string of the molecule is CC(C)c1cc(OCC=C(Cl)Cl)cc(Cl)c1OCCCCCl. The number of hydrogen-bond acceptors (Lipinski definition) is 2. The van der Waals surface area contributed by atoms with Crippen molar-refractivity contribution in [2.75, 3.05) is 19.1 Å². The van der Waals surface area contributed by atoms with Crippen LogP contribution in [0.5, 0.6) is 11.5 Å². The Morgan fingerprint density at radius 2 is 1.91 bits per heavy atom. The molecule has 0 fully saturated rings. The van der Waals surface area contributed by atoms with Gasteiger partial charge in [-0.15, -0.1) is 11.6 Å². The fourth-order valence-electron chi connectivity index (χ4n) is 1.82. The van der Waals surface area contributed by atoms with Crippen LogP contribution in [0.4, 0.5) is 0 Å². The van der Waals surface area contributed by atoms with E-state index in [1.165, 1.54) is 0 Å². The molecule has 0 saturated heterocycles. The molecule has 0 aliphatic heterocycles. The van der Waals surface area contributed by atoms with Crippen LogP contribution in [-0.2, 0) is 0 Å². The molecule has 1 aromatic carbocycles. The highest BCUT2D eigenvalue weighted by molar-refractivity contribution is 6.55. The van der Waals surface area contributed by atoms with E-state index < -0.39 is 0 Å². The Hall–Kier alpha value is -0.280. The highest BCUT2D eigenvalue weighted by atomic mass is 35.5. The summed E-state index contributed by atoms with van der Waals surface area (Å²) in [6.45, 7) is 5.04. The van der Waals surface area contributed by atoms with Gasteiger partial charge in [-0.1, -0.05) is 48.7 Å². The number of halogens is 4. The minimum absolute atomic E-state index is 0.175. The van der Waals surface area contributed by atoms with Crippen LogP contribution in [0.1, 0.15) is 38.2 Å². The summed E-state index contributed by atoms with van der Waals surface area (Å²) < 4.78 is 11.6. The highest BCUT2D eigenvalue weighted by Crippen LogP contribution is 2.37. The lowest BCUT2D eigenvalue weighted by molar-refractivity contribution is 0.304. The molecular weight excluding hydrogens is 366 g/mol. The topological polar surface area (TPSA) is 18.5 Å². The molecule has 124 valence electrons. The third-order valence-corrected chi connectivity index (χ3v) is 3.79. The molecule has 0 unspecified atom stereocenters. The largest absolute Gasteiger partial charge is 0.492 e. The van der Waals surface area contributed by atoms with Crippen LogP contribution in [0.25, 0.3) is 0 Å². The van der Waals surface area contributed by atoms with Crippen LogP contribution < -0.4 is 9.47 Å². The average molecular weight is 386 g/mol. The summed E-state index contributed by atoms with van der Waals surface area (Å²) in [5, 5.41) is 0.535. The summed E-state index contributed by atoms with van der Waals surface area (Å²) in [6, 6.07) is 3.67. The van der Waals surface area contributed by atoms with Gasteiger partial charge in [-0.3, -0.25) is 0 Å². The van der Waals surface area contributed by atoms with E-state index in [0.717, 1.165) is 18.4 Å². The summed E-state index contributed by atoms with van der Waals surface area (Å²) in [7, 11) is 0. The number of hydrogen-bond donors (Lipinski definition) is 0. The number of unbranched alkanes of at least 4 members (excludes halogenated alkanes) is 1. The first-order chi connectivity index (χ1) is 10.5. The Morgan fingerprint density at radius 1 is 1.18 bits per heavy atom. The number of ether oxygens (including phenoxy) is 2. The maximum Gasteiger partial charge on any atom is 0.141 e. The van der Waals surface area contributed by atoms with Crippen LogP contribution in [0.15, 0.2) is 22.7 Å². The van der Waals surface area contributed by atoms with E-state index >= 15 is 0 Å². The zero-order chi connectivity index (χ0) is 16.5. The zero-order valence-electron chi connectivity index (χ0n) is 12.7. The van der Waals surface area contributed by atoms with Gasteiger partial charge < -0.3 is 9.47 Å². The van der Waals surface area contributed by atoms with Crippen LogP contribution in [-0.4, -0.2) is 19.1 Å². The van der Waals surface area contributed by atoms with Gasteiger partial charge in [-0.25, -0.2) is 0 Å².